The van der Waals surface area contributed by atoms with Gasteiger partial charge in [0, 0.05) is 25.1 Å². The van der Waals surface area contributed by atoms with Crippen LogP contribution in [0.25, 0.3) is 0 Å². The summed E-state index contributed by atoms with van der Waals surface area (Å²) in [6.07, 6.45) is 2.07. The second-order valence-electron chi connectivity index (χ2n) is 5.47. The van der Waals surface area contributed by atoms with Crippen molar-refractivity contribution in [2.45, 2.75) is 32.1 Å². The van der Waals surface area contributed by atoms with Crippen molar-refractivity contribution < 1.29 is 9.18 Å². The first-order valence-electron chi connectivity index (χ1n) is 7.03. The number of carbonyl (C=O) groups excluding carboxylic acids is 1. The number of nitrogens with zero attached hydrogens (tertiary/aromatic N) is 2. The van der Waals surface area contributed by atoms with E-state index >= 15 is 0 Å². The zero-order valence-corrected chi connectivity index (χ0v) is 11.7. The predicted molar refractivity (Wildman–Crippen MR) is 74.3 cm³/mol. The van der Waals surface area contributed by atoms with E-state index in [-0.39, 0.29) is 12.3 Å². The molecule has 3 nitrogen and oxygen atoms in total. The molecule has 1 aliphatic rings. The molecule has 1 unspecified atom stereocenters. The van der Waals surface area contributed by atoms with Gasteiger partial charge in [0.25, 0.3) is 0 Å². The summed E-state index contributed by atoms with van der Waals surface area (Å²) < 4.78 is 13.7. The molecule has 1 aromatic carbocycles. The van der Waals surface area contributed by atoms with Crippen LogP contribution in [0.4, 0.5) is 4.39 Å². The maximum atomic E-state index is 13.7. The Morgan fingerprint density at radius 2 is 2.10 bits per heavy atom. The van der Waals surface area contributed by atoms with Gasteiger partial charge in [0.1, 0.15) is 5.82 Å². The van der Waals surface area contributed by atoms with Gasteiger partial charge < -0.3 is 4.90 Å². The van der Waals surface area contributed by atoms with Crippen LogP contribution >= 0.6 is 0 Å². The van der Waals surface area contributed by atoms with E-state index in [1.807, 2.05) is 0 Å². The number of hydrogen-bond donors (Lipinski definition) is 0. The Labute approximate surface area is 119 Å². The van der Waals surface area contributed by atoms with E-state index in [0.29, 0.717) is 11.5 Å². The largest absolute Gasteiger partial charge is 0.343 e. The molecule has 1 aromatic rings. The van der Waals surface area contributed by atoms with Crippen LogP contribution in [0.5, 0.6) is 0 Å². The molecule has 1 heterocycles. The summed E-state index contributed by atoms with van der Waals surface area (Å²) in [6.45, 7) is 3.67. The Hall–Kier alpha value is -1.89. The number of benzene rings is 1. The molecule has 4 heteroatoms. The smallest absolute Gasteiger partial charge is 0.224 e. The number of amides is 1. The molecule has 0 saturated carbocycles. The lowest BCUT2D eigenvalue weighted by Crippen LogP contribution is -2.38. The molecular formula is C16H19FN2O. The third kappa shape index (κ3) is 3.36. The molecule has 20 heavy (non-hydrogen) atoms. The minimum Gasteiger partial charge on any atom is -0.343 e. The van der Waals surface area contributed by atoms with Gasteiger partial charge in [0.15, 0.2) is 0 Å². The van der Waals surface area contributed by atoms with Crippen molar-refractivity contribution in [2.24, 2.45) is 5.92 Å². The molecule has 106 valence electrons. The van der Waals surface area contributed by atoms with Crippen molar-refractivity contribution in [1.82, 2.24) is 4.90 Å². The fourth-order valence-corrected chi connectivity index (χ4v) is 2.54. The lowest BCUT2D eigenvalue weighted by molar-refractivity contribution is -0.132. The summed E-state index contributed by atoms with van der Waals surface area (Å²) in [6, 6.07) is 8.23. The van der Waals surface area contributed by atoms with Crippen molar-refractivity contribution in [3.05, 3.63) is 35.6 Å². The first-order valence-corrected chi connectivity index (χ1v) is 7.03. The predicted octanol–water partition coefficient (Wildman–Crippen LogP) is 3.08. The maximum absolute atomic E-state index is 13.7. The Morgan fingerprint density at radius 1 is 1.45 bits per heavy atom. The van der Waals surface area contributed by atoms with Crippen molar-refractivity contribution >= 4 is 5.91 Å². The quantitative estimate of drug-likeness (QED) is 0.850. The molecule has 0 aromatic heterocycles. The van der Waals surface area contributed by atoms with Gasteiger partial charge in [-0.15, -0.1) is 0 Å². The van der Waals surface area contributed by atoms with Crippen molar-refractivity contribution in [2.75, 3.05) is 13.1 Å². The molecule has 1 fully saturated rings. The molecule has 0 radical (unpaired) electrons. The second-order valence-corrected chi connectivity index (χ2v) is 5.47. The number of hydrogen-bond acceptors (Lipinski definition) is 2. The third-order valence-electron chi connectivity index (χ3n) is 3.95. The Kier molecular flexibility index (Phi) is 4.73. The van der Waals surface area contributed by atoms with Gasteiger partial charge in [-0.2, -0.15) is 5.26 Å². The van der Waals surface area contributed by atoms with Gasteiger partial charge in [-0.3, -0.25) is 4.79 Å². The van der Waals surface area contributed by atoms with Crippen LogP contribution in [-0.2, 0) is 4.79 Å². The minimum atomic E-state index is -0.706. The van der Waals surface area contributed by atoms with Crippen LogP contribution in [-0.4, -0.2) is 23.9 Å². The number of rotatable bonds is 3. The van der Waals surface area contributed by atoms with Crippen LogP contribution in [0, 0.1) is 23.1 Å². The van der Waals surface area contributed by atoms with Gasteiger partial charge >= 0.3 is 0 Å². The lowest BCUT2D eigenvalue weighted by atomic mass is 9.94. The Morgan fingerprint density at radius 3 is 2.70 bits per heavy atom. The van der Waals surface area contributed by atoms with Gasteiger partial charge in [0.2, 0.25) is 5.91 Å². The van der Waals surface area contributed by atoms with Crippen LogP contribution in [0.15, 0.2) is 24.3 Å². The molecule has 0 spiro atoms. The number of likely N-dealkylation sites (tertiary alicyclic amines) is 1. The van der Waals surface area contributed by atoms with E-state index in [0.717, 1.165) is 25.9 Å². The maximum Gasteiger partial charge on any atom is 0.224 e. The molecule has 1 aliphatic heterocycles. The second kappa shape index (κ2) is 6.51. The zero-order chi connectivity index (χ0) is 14.5. The van der Waals surface area contributed by atoms with E-state index in [1.165, 1.54) is 6.07 Å². The number of nitriles is 1. The topological polar surface area (TPSA) is 44.1 Å². The normalized spacial score (nSPS) is 17.6. The number of carbonyl (C=O) groups is 1. The van der Waals surface area contributed by atoms with E-state index in [1.54, 1.807) is 23.1 Å². The molecule has 2 rings (SSSR count). The molecule has 0 bridgehead atoms. The van der Waals surface area contributed by atoms with E-state index in [4.69, 9.17) is 0 Å². The average molecular weight is 274 g/mol. The highest BCUT2D eigenvalue weighted by Crippen LogP contribution is 2.24. The average Bonchev–Trinajstić information content (AvgIpc) is 2.46. The number of piperidine rings is 1. The summed E-state index contributed by atoms with van der Waals surface area (Å²) in [5, 5.41) is 9.21. The third-order valence-corrected chi connectivity index (χ3v) is 3.95. The standard InChI is InChI=1S/C16H19FN2O/c1-12-6-8-19(9-7-12)16(20)10-13(11-18)14-4-2-3-5-15(14)17/h2-5,12-13H,6-10H2,1H3. The van der Waals surface area contributed by atoms with Crippen molar-refractivity contribution in [1.29, 1.82) is 5.26 Å². The lowest BCUT2D eigenvalue weighted by Gasteiger charge is -2.30. The molecule has 1 saturated heterocycles. The fourth-order valence-electron chi connectivity index (χ4n) is 2.54. The summed E-state index contributed by atoms with van der Waals surface area (Å²) in [4.78, 5) is 14.0. The van der Waals surface area contributed by atoms with E-state index < -0.39 is 11.7 Å². The van der Waals surface area contributed by atoms with Gasteiger partial charge in [-0.25, -0.2) is 4.39 Å². The van der Waals surface area contributed by atoms with Gasteiger partial charge in [-0.05, 0) is 24.8 Å². The first kappa shape index (κ1) is 14.5. The molecule has 1 atom stereocenters. The Bertz CT molecular complexity index is 515. The van der Waals surface area contributed by atoms with Gasteiger partial charge in [-0.1, -0.05) is 25.1 Å². The van der Waals surface area contributed by atoms with Crippen LogP contribution < -0.4 is 0 Å². The first-order chi connectivity index (χ1) is 9.61. The minimum absolute atomic E-state index is 0.0493. The SMILES string of the molecule is CC1CCN(C(=O)CC(C#N)c2ccccc2F)CC1. The van der Waals surface area contributed by atoms with E-state index in [9.17, 15) is 14.4 Å². The van der Waals surface area contributed by atoms with Crippen LogP contribution in [0.2, 0.25) is 0 Å². The summed E-state index contributed by atoms with van der Waals surface area (Å²) >= 11 is 0. The highest BCUT2D eigenvalue weighted by molar-refractivity contribution is 5.77. The van der Waals surface area contributed by atoms with Gasteiger partial charge in [0.05, 0.1) is 12.0 Å². The van der Waals surface area contributed by atoms with Crippen molar-refractivity contribution in [3.63, 3.8) is 0 Å². The highest BCUT2D eigenvalue weighted by atomic mass is 19.1. The summed E-state index contributed by atoms with van der Waals surface area (Å²) in [7, 11) is 0. The molecule has 0 N–H and O–H groups in total. The van der Waals surface area contributed by atoms with Crippen LogP contribution in [0.1, 0.15) is 37.7 Å². The van der Waals surface area contributed by atoms with E-state index in [2.05, 4.69) is 13.0 Å². The molecule has 0 aliphatic carbocycles. The number of halogens is 1. The van der Waals surface area contributed by atoms with Crippen LogP contribution in [0.3, 0.4) is 0 Å². The fraction of sp³-hybridized carbons (Fsp3) is 0.500. The summed E-state index contributed by atoms with van der Waals surface area (Å²) in [5.41, 5.74) is 0.314. The van der Waals surface area contributed by atoms with Crippen molar-refractivity contribution in [3.8, 4) is 6.07 Å². The Balaban J connectivity index is 2.02. The zero-order valence-electron chi connectivity index (χ0n) is 11.7. The molecular weight excluding hydrogens is 255 g/mol. The summed E-state index contributed by atoms with van der Waals surface area (Å²) in [5.74, 6) is -0.522. The highest BCUT2D eigenvalue weighted by Gasteiger charge is 2.24. The molecule has 1 amide bonds. The monoisotopic (exact) mass is 274 g/mol.